The second-order valence-electron chi connectivity index (χ2n) is 22.1. The Bertz CT molecular complexity index is 4200. The summed E-state index contributed by atoms with van der Waals surface area (Å²) in [5.74, 6) is 0. The highest BCUT2D eigenvalue weighted by atomic mass is 32.1. The maximum Gasteiger partial charge on any atom is 0.171 e. The van der Waals surface area contributed by atoms with Crippen LogP contribution >= 0.6 is 36.7 Å². The van der Waals surface area contributed by atoms with Crippen molar-refractivity contribution >= 4 is 166 Å². The van der Waals surface area contributed by atoms with Crippen molar-refractivity contribution in [1.82, 2.24) is 16.0 Å². The molecule has 0 amide bonds. The van der Waals surface area contributed by atoms with Crippen LogP contribution in [0.15, 0.2) is 164 Å². The van der Waals surface area contributed by atoms with Gasteiger partial charge >= 0.3 is 0 Å². The minimum atomic E-state index is 0.572. The van der Waals surface area contributed by atoms with E-state index in [2.05, 4.69) is 216 Å². The molecule has 13 aromatic rings. The van der Waals surface area contributed by atoms with Crippen molar-refractivity contribution < 1.29 is 0 Å². The molecule has 0 radical (unpaired) electrons. The van der Waals surface area contributed by atoms with Crippen molar-refractivity contribution in [3.8, 4) is 0 Å². The zero-order valence-corrected chi connectivity index (χ0v) is 48.7. The number of hydrogen-bond donors (Lipinski definition) is 6. The Balaban J connectivity index is 0.852. The molecule has 6 nitrogen and oxygen atoms in total. The number of benzene rings is 13. The quantitative estimate of drug-likeness (QED) is 0.0372. The Kier molecular flexibility index (Phi) is 14.6. The van der Waals surface area contributed by atoms with Crippen LogP contribution in [0.1, 0.15) is 92.7 Å². The molecule has 0 aromatic heterocycles. The van der Waals surface area contributed by atoms with Crippen LogP contribution in [-0.4, -0.2) is 15.3 Å². The maximum absolute atomic E-state index is 6.30. The van der Waals surface area contributed by atoms with Gasteiger partial charge in [-0.3, -0.25) is 0 Å². The summed E-state index contributed by atoms with van der Waals surface area (Å²) in [5, 5.41) is 46.5. The summed E-state index contributed by atoms with van der Waals surface area (Å²) in [5.41, 5.74) is 11.1. The van der Waals surface area contributed by atoms with Crippen LogP contribution in [0.4, 0.5) is 17.1 Å². The van der Waals surface area contributed by atoms with Crippen molar-refractivity contribution in [2.45, 2.75) is 98.2 Å². The molecule has 0 spiro atoms. The van der Waals surface area contributed by atoms with Crippen LogP contribution in [0.5, 0.6) is 0 Å². The van der Waals surface area contributed by atoms with Gasteiger partial charge in [0.2, 0.25) is 0 Å². The monoisotopic (exact) mass is 1110 g/mol. The molecule has 0 bridgehead atoms. The molecule has 9 heteroatoms. The minimum Gasteiger partial charge on any atom is -0.358 e. The largest absolute Gasteiger partial charge is 0.358 e. The number of anilines is 3. The van der Waals surface area contributed by atoms with E-state index in [9.17, 15) is 0 Å². The Labute approximate surface area is 490 Å². The second-order valence-corrected chi connectivity index (χ2v) is 23.3. The number of thiocarbonyl (C=S) groups is 3. The van der Waals surface area contributed by atoms with Crippen LogP contribution in [0.3, 0.4) is 0 Å². The average molecular weight is 1110 g/mol. The molecule has 13 rings (SSSR count). The van der Waals surface area contributed by atoms with Crippen LogP contribution in [0.25, 0.3) is 97.0 Å². The van der Waals surface area contributed by atoms with Crippen LogP contribution in [0, 0.1) is 0 Å². The van der Waals surface area contributed by atoms with Gasteiger partial charge in [-0.2, -0.15) is 0 Å². The Hall–Kier alpha value is -7.95. The predicted molar refractivity (Wildman–Crippen MR) is 362 cm³/mol. The van der Waals surface area contributed by atoms with Crippen LogP contribution < -0.4 is 31.9 Å². The lowest BCUT2D eigenvalue weighted by atomic mass is 9.81. The Morgan fingerprint density at radius 2 is 0.593 bits per heavy atom. The van der Waals surface area contributed by atoms with Crippen molar-refractivity contribution in [3.63, 3.8) is 0 Å². The van der Waals surface area contributed by atoms with Gasteiger partial charge in [0.1, 0.15) is 0 Å². The highest BCUT2D eigenvalue weighted by Gasteiger charge is 2.25. The van der Waals surface area contributed by atoms with E-state index < -0.39 is 0 Å². The molecule has 0 aliphatic rings. The smallest absolute Gasteiger partial charge is 0.171 e. The van der Waals surface area contributed by atoms with Gasteiger partial charge in [0, 0.05) is 42.1 Å². The van der Waals surface area contributed by atoms with Crippen LogP contribution in [-0.2, 0) is 38.9 Å². The first-order chi connectivity index (χ1) is 39.7. The van der Waals surface area contributed by atoms with E-state index in [1.54, 1.807) is 0 Å². The SMILES string of the molecule is CCCCc1c(CNC(=S)Nc2cc3ccc4cccc5ccc(c2)c3c45)c(CCCC)c(CNC(=S)Nc2ccc3ccc4cccc5ccc2c3c45)c(CCCC)c1CNC(=S)Nc1cc2ccc3cccc4ccc(c1)c2c34. The summed E-state index contributed by atoms with van der Waals surface area (Å²) in [6.07, 6.45) is 9.23. The summed E-state index contributed by atoms with van der Waals surface area (Å²) in [7, 11) is 0. The lowest BCUT2D eigenvalue weighted by Gasteiger charge is -2.29. The fourth-order valence-electron chi connectivity index (χ4n) is 13.2. The molecule has 0 aliphatic carbocycles. The summed E-state index contributed by atoms with van der Waals surface area (Å²) in [6.45, 7) is 8.60. The summed E-state index contributed by atoms with van der Waals surface area (Å²) < 4.78 is 0. The molecule has 13 aromatic carbocycles. The minimum absolute atomic E-state index is 0.572. The van der Waals surface area contributed by atoms with Gasteiger partial charge in [-0.25, -0.2) is 0 Å². The summed E-state index contributed by atoms with van der Waals surface area (Å²) >= 11 is 18.8. The molecule has 0 atom stereocenters. The van der Waals surface area contributed by atoms with Crippen LogP contribution in [0.2, 0.25) is 0 Å². The summed E-state index contributed by atoms with van der Waals surface area (Å²) in [4.78, 5) is 0. The fourth-order valence-corrected chi connectivity index (χ4v) is 13.8. The lowest BCUT2D eigenvalue weighted by molar-refractivity contribution is 0.705. The number of rotatable bonds is 18. The Morgan fingerprint density at radius 1 is 0.309 bits per heavy atom. The first-order valence-electron chi connectivity index (χ1n) is 29.1. The third-order valence-corrected chi connectivity index (χ3v) is 17.8. The number of hydrogen-bond acceptors (Lipinski definition) is 3. The molecule has 402 valence electrons. The van der Waals surface area contributed by atoms with Gasteiger partial charge in [0.15, 0.2) is 15.3 Å². The van der Waals surface area contributed by atoms with E-state index in [4.69, 9.17) is 36.7 Å². The highest BCUT2D eigenvalue weighted by molar-refractivity contribution is 7.80. The predicted octanol–water partition coefficient (Wildman–Crippen LogP) is 18.9. The van der Waals surface area contributed by atoms with Crippen molar-refractivity contribution in [2.75, 3.05) is 16.0 Å². The molecule has 81 heavy (non-hydrogen) atoms. The fraction of sp³-hybridized carbons (Fsp3) is 0.208. The topological polar surface area (TPSA) is 72.2 Å². The van der Waals surface area contributed by atoms with Crippen molar-refractivity contribution in [1.29, 1.82) is 0 Å². The zero-order chi connectivity index (χ0) is 55.1. The third-order valence-electron chi connectivity index (χ3n) is 17.0. The van der Waals surface area contributed by atoms with E-state index in [0.29, 0.717) is 35.0 Å². The molecule has 0 saturated carbocycles. The summed E-state index contributed by atoms with van der Waals surface area (Å²) in [6, 6.07) is 59.7. The van der Waals surface area contributed by atoms with Gasteiger partial charge in [-0.1, -0.05) is 173 Å². The molecule has 0 aliphatic heterocycles. The van der Waals surface area contributed by atoms with Gasteiger partial charge in [-0.15, -0.1) is 0 Å². The number of nitrogens with one attached hydrogen (secondary N) is 6. The van der Waals surface area contributed by atoms with E-state index >= 15 is 0 Å². The van der Waals surface area contributed by atoms with Gasteiger partial charge in [0.05, 0.1) is 0 Å². The number of unbranched alkanes of at least 4 members (excludes halogenated alkanes) is 3. The maximum atomic E-state index is 6.30. The van der Waals surface area contributed by atoms with E-state index in [-0.39, 0.29) is 0 Å². The first kappa shape index (κ1) is 52.4. The second kappa shape index (κ2) is 22.5. The molecule has 0 unspecified atom stereocenters. The molecule has 0 heterocycles. The van der Waals surface area contributed by atoms with E-state index in [1.165, 1.54) is 125 Å². The van der Waals surface area contributed by atoms with Gasteiger partial charge in [-0.05, 0) is 230 Å². The molecule has 0 saturated heterocycles. The normalized spacial score (nSPS) is 11.9. The van der Waals surface area contributed by atoms with Crippen molar-refractivity contribution in [3.05, 3.63) is 197 Å². The van der Waals surface area contributed by atoms with E-state index in [1.807, 2.05) is 0 Å². The molecule has 6 N–H and O–H groups in total. The lowest BCUT2D eigenvalue weighted by Crippen LogP contribution is -2.33. The molecular formula is C72H66N6S3. The molecular weight excluding hydrogens is 1050 g/mol. The van der Waals surface area contributed by atoms with Crippen molar-refractivity contribution in [2.24, 2.45) is 0 Å². The van der Waals surface area contributed by atoms with Gasteiger partial charge in [0.25, 0.3) is 0 Å². The first-order valence-corrected chi connectivity index (χ1v) is 30.3. The average Bonchev–Trinajstić information content (AvgIpc) is 3.54. The standard InChI is InChI=1S/C72H66N6S3/c1-4-7-19-56-60(40-73-70(79)76-54-36-50-28-24-43-13-10-14-44-25-29-51(37-54)67(50)64(43)44)57(20-8-5-2)62(42-75-72(81)78-63-35-33-49-23-22-47-17-12-18-48-32-34-59(63)69(49)66(47)48)58(21-9-6-3)61(56)41-74-71(80)77-55-38-52-30-26-45-15-11-16-46-27-31-53(39-55)68(52)65(45)46/h10-18,22-39H,4-9,19-21,40-42H2,1-3H3,(H2,73,76,79)(H2,74,77,80)(H2,75,78,81). The van der Waals surface area contributed by atoms with E-state index in [0.717, 1.165) is 80.2 Å². The zero-order valence-electron chi connectivity index (χ0n) is 46.3. The highest BCUT2D eigenvalue weighted by Crippen LogP contribution is 2.41. The Morgan fingerprint density at radius 3 is 0.951 bits per heavy atom. The van der Waals surface area contributed by atoms with Gasteiger partial charge < -0.3 is 31.9 Å². The molecule has 0 fully saturated rings. The third kappa shape index (κ3) is 10.00.